The summed E-state index contributed by atoms with van der Waals surface area (Å²) in [7, 11) is 1.29. The molecule has 0 fully saturated rings. The van der Waals surface area contributed by atoms with E-state index >= 15 is 0 Å². The number of aromatic nitrogens is 1. The van der Waals surface area contributed by atoms with E-state index in [9.17, 15) is 9.59 Å². The molecule has 6 heteroatoms. The van der Waals surface area contributed by atoms with Gasteiger partial charge in [0, 0.05) is 12.7 Å². The van der Waals surface area contributed by atoms with Gasteiger partial charge in [0.1, 0.15) is 10.5 Å². The molecule has 1 heterocycles. The van der Waals surface area contributed by atoms with E-state index in [2.05, 4.69) is 31.0 Å². The number of amides is 1. The van der Waals surface area contributed by atoms with Gasteiger partial charge in [0.05, 0.1) is 7.11 Å². The second-order valence-corrected chi connectivity index (χ2v) is 4.02. The van der Waals surface area contributed by atoms with Gasteiger partial charge in [-0.25, -0.2) is 0 Å². The highest BCUT2D eigenvalue weighted by Gasteiger charge is 2.16. The summed E-state index contributed by atoms with van der Waals surface area (Å²) in [5, 5.41) is 2.56. The van der Waals surface area contributed by atoms with Gasteiger partial charge in [-0.2, -0.15) is 0 Å². The van der Waals surface area contributed by atoms with Crippen molar-refractivity contribution in [1.29, 1.82) is 0 Å². The van der Waals surface area contributed by atoms with E-state index in [0.29, 0.717) is 5.69 Å². The number of alkyl halides is 1. The second-order valence-electron chi connectivity index (χ2n) is 2.92. The van der Waals surface area contributed by atoms with E-state index in [1.54, 1.807) is 18.2 Å². The predicted octanol–water partition coefficient (Wildman–Crippen LogP) is 0.748. The van der Waals surface area contributed by atoms with Crippen LogP contribution in [0.4, 0.5) is 0 Å². The lowest BCUT2D eigenvalue weighted by atomic mass is 10.3. The van der Waals surface area contributed by atoms with Crippen molar-refractivity contribution in [1.82, 2.24) is 10.3 Å². The molecule has 86 valence electrons. The molecule has 1 N–H and O–H groups in total. The highest BCUT2D eigenvalue weighted by atomic mass is 79.9. The van der Waals surface area contributed by atoms with Gasteiger partial charge in [0.2, 0.25) is 0 Å². The van der Waals surface area contributed by atoms with Crippen molar-refractivity contribution in [2.24, 2.45) is 0 Å². The Bertz CT molecular complexity index is 370. The molecule has 0 saturated heterocycles. The molecule has 1 unspecified atom stereocenters. The summed E-state index contributed by atoms with van der Waals surface area (Å²) in [5.41, 5.74) is 0.312. The number of ether oxygens (including phenoxy) is 1. The Balaban J connectivity index is 2.45. The summed E-state index contributed by atoms with van der Waals surface area (Å²) in [6.45, 7) is 0.155. The van der Waals surface area contributed by atoms with Crippen LogP contribution < -0.4 is 5.32 Å². The number of methoxy groups -OCH3 is 1. The van der Waals surface area contributed by atoms with Crippen LogP contribution >= 0.6 is 15.9 Å². The molecule has 0 radical (unpaired) electrons. The monoisotopic (exact) mass is 286 g/mol. The first-order valence-corrected chi connectivity index (χ1v) is 5.48. The molecule has 1 aromatic heterocycles. The van der Waals surface area contributed by atoms with Crippen LogP contribution in [-0.4, -0.2) is 35.3 Å². The Hall–Kier alpha value is -1.43. The third-order valence-electron chi connectivity index (χ3n) is 1.80. The maximum absolute atomic E-state index is 11.5. The van der Waals surface area contributed by atoms with Gasteiger partial charge < -0.3 is 10.1 Å². The number of nitrogens with zero attached hydrogens (tertiary/aromatic N) is 1. The van der Waals surface area contributed by atoms with Gasteiger partial charge >= 0.3 is 5.97 Å². The van der Waals surface area contributed by atoms with Crippen molar-refractivity contribution < 1.29 is 14.3 Å². The van der Waals surface area contributed by atoms with Crippen LogP contribution in [0.5, 0.6) is 0 Å². The Labute approximate surface area is 101 Å². The molecule has 0 aliphatic carbocycles. The molecule has 0 bridgehead atoms. The van der Waals surface area contributed by atoms with Crippen LogP contribution in [0.2, 0.25) is 0 Å². The molecule has 0 aliphatic heterocycles. The maximum Gasteiger partial charge on any atom is 0.321 e. The lowest BCUT2D eigenvalue weighted by Crippen LogP contribution is -2.34. The number of carbonyl (C=O) groups excluding carboxylic acids is 2. The highest BCUT2D eigenvalue weighted by Crippen LogP contribution is 2.00. The fourth-order valence-electron chi connectivity index (χ4n) is 0.981. The first-order valence-electron chi connectivity index (χ1n) is 4.56. The van der Waals surface area contributed by atoms with Gasteiger partial charge in [-0.3, -0.25) is 14.6 Å². The van der Waals surface area contributed by atoms with E-state index in [1.807, 2.05) is 0 Å². The molecule has 0 aliphatic rings. The van der Waals surface area contributed by atoms with E-state index in [0.717, 1.165) is 0 Å². The van der Waals surface area contributed by atoms with Crippen molar-refractivity contribution in [3.05, 3.63) is 30.1 Å². The van der Waals surface area contributed by atoms with Crippen LogP contribution in [0.15, 0.2) is 24.4 Å². The SMILES string of the molecule is COC(=O)C(Br)CNC(=O)c1ccccn1. The lowest BCUT2D eigenvalue weighted by Gasteiger charge is -2.08. The van der Waals surface area contributed by atoms with Crippen LogP contribution in [-0.2, 0) is 9.53 Å². The highest BCUT2D eigenvalue weighted by molar-refractivity contribution is 9.10. The predicted molar refractivity (Wildman–Crippen MR) is 61.3 cm³/mol. The molecule has 1 rings (SSSR count). The Morgan fingerprint density at radius 2 is 2.31 bits per heavy atom. The molecular weight excluding hydrogens is 276 g/mol. The standard InChI is InChI=1S/C10H11BrN2O3/c1-16-10(15)7(11)6-13-9(14)8-4-2-3-5-12-8/h2-5,7H,6H2,1H3,(H,13,14). The number of nitrogens with one attached hydrogen (secondary N) is 1. The second kappa shape index (κ2) is 6.22. The number of carbonyl (C=O) groups is 2. The van der Waals surface area contributed by atoms with Gasteiger partial charge in [-0.1, -0.05) is 22.0 Å². The first-order chi connectivity index (χ1) is 7.65. The number of halogens is 1. The summed E-state index contributed by atoms with van der Waals surface area (Å²) < 4.78 is 4.50. The van der Waals surface area contributed by atoms with Crippen LogP contribution in [0.3, 0.4) is 0 Å². The molecule has 1 amide bonds. The zero-order valence-electron chi connectivity index (χ0n) is 8.64. The van der Waals surface area contributed by atoms with Crippen molar-refractivity contribution in [3.8, 4) is 0 Å². The van der Waals surface area contributed by atoms with E-state index < -0.39 is 10.8 Å². The molecule has 0 saturated carbocycles. The van der Waals surface area contributed by atoms with E-state index in [4.69, 9.17) is 0 Å². The average molecular weight is 287 g/mol. The van der Waals surface area contributed by atoms with Crippen molar-refractivity contribution in [2.45, 2.75) is 4.83 Å². The van der Waals surface area contributed by atoms with Crippen LogP contribution in [0.1, 0.15) is 10.5 Å². The molecule has 0 spiro atoms. The van der Waals surface area contributed by atoms with Crippen molar-refractivity contribution in [2.75, 3.05) is 13.7 Å². The zero-order chi connectivity index (χ0) is 12.0. The van der Waals surface area contributed by atoms with Crippen LogP contribution in [0, 0.1) is 0 Å². The first kappa shape index (κ1) is 12.6. The van der Waals surface area contributed by atoms with Gasteiger partial charge in [0.25, 0.3) is 5.91 Å². The molecular formula is C10H11BrN2O3. The quantitative estimate of drug-likeness (QED) is 0.655. The fourth-order valence-corrected chi connectivity index (χ4v) is 1.33. The van der Waals surface area contributed by atoms with E-state index in [-0.39, 0.29) is 12.5 Å². The van der Waals surface area contributed by atoms with Crippen molar-refractivity contribution >= 4 is 27.8 Å². The molecule has 16 heavy (non-hydrogen) atoms. The molecule has 0 aromatic carbocycles. The fraction of sp³-hybridized carbons (Fsp3) is 0.300. The van der Waals surface area contributed by atoms with Gasteiger partial charge in [-0.15, -0.1) is 0 Å². The number of hydrogen-bond donors (Lipinski definition) is 1. The third-order valence-corrected chi connectivity index (χ3v) is 2.49. The number of esters is 1. The summed E-state index contributed by atoms with van der Waals surface area (Å²) in [6, 6.07) is 5.03. The normalized spacial score (nSPS) is 11.6. The number of pyridine rings is 1. The molecule has 1 aromatic rings. The minimum absolute atomic E-state index is 0.155. The summed E-state index contributed by atoms with van der Waals surface area (Å²) in [4.78, 5) is 25.9. The maximum atomic E-state index is 11.5. The van der Waals surface area contributed by atoms with Crippen LogP contribution in [0.25, 0.3) is 0 Å². The summed E-state index contributed by atoms with van der Waals surface area (Å²) in [6.07, 6.45) is 1.53. The smallest absolute Gasteiger partial charge is 0.321 e. The van der Waals surface area contributed by atoms with E-state index in [1.165, 1.54) is 13.3 Å². The zero-order valence-corrected chi connectivity index (χ0v) is 10.2. The number of hydrogen-bond acceptors (Lipinski definition) is 4. The summed E-state index contributed by atoms with van der Waals surface area (Å²) >= 11 is 3.09. The third kappa shape index (κ3) is 3.62. The molecule has 5 nitrogen and oxygen atoms in total. The lowest BCUT2D eigenvalue weighted by molar-refractivity contribution is -0.139. The summed E-state index contributed by atoms with van der Waals surface area (Å²) in [5.74, 6) is -0.754. The minimum Gasteiger partial charge on any atom is -0.468 e. The Kier molecular flexibility index (Phi) is 4.91. The number of rotatable bonds is 4. The minimum atomic E-state index is -0.551. The topological polar surface area (TPSA) is 68.3 Å². The van der Waals surface area contributed by atoms with Gasteiger partial charge in [-0.05, 0) is 12.1 Å². The molecule has 1 atom stereocenters. The van der Waals surface area contributed by atoms with Gasteiger partial charge in [0.15, 0.2) is 0 Å². The largest absolute Gasteiger partial charge is 0.468 e. The Morgan fingerprint density at radius 3 is 2.88 bits per heavy atom. The average Bonchev–Trinajstić information content (AvgIpc) is 2.35. The Morgan fingerprint density at radius 1 is 1.56 bits per heavy atom. The van der Waals surface area contributed by atoms with Crippen molar-refractivity contribution in [3.63, 3.8) is 0 Å².